The van der Waals surface area contributed by atoms with E-state index in [9.17, 15) is 25.2 Å². The number of hydrogen-bond acceptors (Lipinski definition) is 9. The third kappa shape index (κ3) is 4.02. The van der Waals surface area contributed by atoms with Crippen LogP contribution >= 0.6 is 0 Å². The van der Waals surface area contributed by atoms with E-state index < -0.39 is 35.1 Å². The third-order valence-electron chi connectivity index (χ3n) is 12.3. The number of hydrogen-bond donors (Lipinski definition) is 4. The zero-order chi connectivity index (χ0) is 27.8. The van der Waals surface area contributed by atoms with Crippen LogP contribution in [0, 0.1) is 28.6 Å². The molecule has 0 bridgehead atoms. The summed E-state index contributed by atoms with van der Waals surface area (Å²) in [6.07, 6.45) is 5.82. The SMILES string of the molecule is CO[C@@H]1C[C@H](O[C@@H]2CC[C@]3(CO)[C@H]4CC[C@]5(C)[C@H](C6=CC(=O)OC6)CC[C@]5(O)[C@@H]4CC[C@]3(O)C2)O[C@@H](C)[C@@H]1O. The Kier molecular flexibility index (Phi) is 7.02. The quantitative estimate of drug-likeness (QED) is 0.300. The molecule has 0 radical (unpaired) electrons. The number of rotatable bonds is 5. The van der Waals surface area contributed by atoms with Crippen LogP contribution in [0.15, 0.2) is 11.6 Å². The highest BCUT2D eigenvalue weighted by atomic mass is 16.7. The lowest BCUT2D eigenvalue weighted by molar-refractivity contribution is -0.298. The number of aliphatic hydroxyl groups is 4. The first-order valence-corrected chi connectivity index (χ1v) is 14.9. The summed E-state index contributed by atoms with van der Waals surface area (Å²) in [7, 11) is 1.58. The second-order valence-electron chi connectivity index (χ2n) is 13.7. The highest BCUT2D eigenvalue weighted by Crippen LogP contribution is 2.70. The lowest BCUT2D eigenvalue weighted by atomic mass is 9.41. The molecule has 4 N–H and O–H groups in total. The maximum atomic E-state index is 12.4. The highest BCUT2D eigenvalue weighted by Gasteiger charge is 2.71. The van der Waals surface area contributed by atoms with Gasteiger partial charge in [0.1, 0.15) is 12.7 Å². The van der Waals surface area contributed by atoms with Crippen molar-refractivity contribution in [1.82, 2.24) is 0 Å². The van der Waals surface area contributed by atoms with E-state index in [1.54, 1.807) is 13.2 Å². The van der Waals surface area contributed by atoms with Crippen molar-refractivity contribution in [3.8, 4) is 0 Å². The van der Waals surface area contributed by atoms with Crippen LogP contribution in [0.4, 0.5) is 0 Å². The summed E-state index contributed by atoms with van der Waals surface area (Å²) in [6, 6.07) is 0. The topological polar surface area (TPSA) is 135 Å². The minimum absolute atomic E-state index is 0.00781. The number of methoxy groups -OCH3 is 1. The fraction of sp³-hybridized carbons (Fsp3) is 0.900. The van der Waals surface area contributed by atoms with Crippen molar-refractivity contribution in [3.05, 3.63) is 11.6 Å². The van der Waals surface area contributed by atoms with E-state index in [4.69, 9.17) is 18.9 Å². The zero-order valence-electron chi connectivity index (χ0n) is 23.5. The lowest BCUT2D eigenvalue weighted by Crippen LogP contribution is -2.69. The van der Waals surface area contributed by atoms with Crippen molar-refractivity contribution < 1.29 is 44.2 Å². The molecule has 2 aliphatic heterocycles. The highest BCUT2D eigenvalue weighted by molar-refractivity contribution is 5.85. The maximum absolute atomic E-state index is 12.4. The molecule has 6 rings (SSSR count). The van der Waals surface area contributed by atoms with Crippen LogP contribution in [-0.4, -0.2) is 88.6 Å². The fourth-order valence-corrected chi connectivity index (χ4v) is 10.2. The summed E-state index contributed by atoms with van der Waals surface area (Å²) >= 11 is 0. The van der Waals surface area contributed by atoms with Crippen molar-refractivity contribution in [1.29, 1.82) is 0 Å². The van der Waals surface area contributed by atoms with Gasteiger partial charge in [-0.25, -0.2) is 4.79 Å². The normalized spacial score (nSPS) is 53.4. The Morgan fingerprint density at radius 1 is 1.08 bits per heavy atom. The monoisotopic (exact) mass is 550 g/mol. The molecule has 4 saturated carbocycles. The van der Waals surface area contributed by atoms with Crippen LogP contribution in [-0.2, 0) is 23.7 Å². The predicted molar refractivity (Wildman–Crippen MR) is 139 cm³/mol. The van der Waals surface area contributed by atoms with Gasteiger partial charge in [-0.1, -0.05) is 6.92 Å². The van der Waals surface area contributed by atoms with Crippen molar-refractivity contribution in [2.24, 2.45) is 28.6 Å². The number of carbonyl (C=O) groups excluding carboxylic acids is 1. The van der Waals surface area contributed by atoms with Crippen molar-refractivity contribution in [3.63, 3.8) is 0 Å². The number of fused-ring (bicyclic) bond motifs is 5. The molecule has 0 amide bonds. The molecule has 12 atom stereocenters. The lowest BCUT2D eigenvalue weighted by Gasteiger charge is -2.66. The molecule has 4 aliphatic carbocycles. The predicted octanol–water partition coefficient (Wildman–Crippen LogP) is 2.23. The van der Waals surface area contributed by atoms with Gasteiger partial charge in [0.15, 0.2) is 6.29 Å². The van der Waals surface area contributed by atoms with Gasteiger partial charge in [0.25, 0.3) is 0 Å². The average Bonchev–Trinajstić information content (AvgIpc) is 3.45. The van der Waals surface area contributed by atoms with Gasteiger partial charge in [0.2, 0.25) is 0 Å². The number of esters is 1. The van der Waals surface area contributed by atoms with Gasteiger partial charge in [0.05, 0.1) is 36.1 Å². The molecule has 0 spiro atoms. The molecule has 0 aromatic carbocycles. The van der Waals surface area contributed by atoms with Gasteiger partial charge in [-0.05, 0) is 81.6 Å². The number of ether oxygens (including phenoxy) is 4. The minimum Gasteiger partial charge on any atom is -0.458 e. The molecule has 2 heterocycles. The largest absolute Gasteiger partial charge is 0.458 e. The van der Waals surface area contributed by atoms with Crippen LogP contribution in [0.1, 0.15) is 78.1 Å². The van der Waals surface area contributed by atoms with Crippen LogP contribution in [0.5, 0.6) is 0 Å². The van der Waals surface area contributed by atoms with Gasteiger partial charge < -0.3 is 39.4 Å². The first-order valence-electron chi connectivity index (χ1n) is 14.9. The molecule has 0 aromatic heterocycles. The van der Waals surface area contributed by atoms with E-state index in [2.05, 4.69) is 6.92 Å². The summed E-state index contributed by atoms with van der Waals surface area (Å²) < 4.78 is 23.0. The molecule has 39 heavy (non-hydrogen) atoms. The third-order valence-corrected chi connectivity index (χ3v) is 12.3. The minimum atomic E-state index is -1.09. The Hall–Kier alpha value is -1.07. The van der Waals surface area contributed by atoms with Crippen molar-refractivity contribution in [2.45, 2.75) is 120 Å². The summed E-state index contributed by atoms with van der Waals surface area (Å²) in [5.74, 6) is -0.192. The number of cyclic esters (lactones) is 1. The second kappa shape index (κ2) is 9.75. The van der Waals surface area contributed by atoms with E-state index in [0.29, 0.717) is 51.6 Å². The van der Waals surface area contributed by atoms with E-state index >= 15 is 0 Å². The standard InChI is InChI=1S/C30H46O9/c1-17-26(33)23(36-3)13-25(38-17)39-19-4-9-28(16-31)21-5-8-27(2)20(18-12-24(32)37-15-18)7-11-30(27,35)22(21)6-10-29(28,34)14-19/h12,17,19-23,25-26,31,33-35H,4-11,13-16H2,1-3H3/t17-,19+,20-,21-,22+,23+,25-,26-,27+,28-,29-,30-/m0/s1. The molecule has 5 fully saturated rings. The Balaban J connectivity index is 1.20. The second-order valence-corrected chi connectivity index (χ2v) is 13.7. The Morgan fingerprint density at radius 2 is 1.85 bits per heavy atom. The summed E-state index contributed by atoms with van der Waals surface area (Å²) in [4.78, 5) is 11.8. The van der Waals surface area contributed by atoms with Gasteiger partial charge in [-0.15, -0.1) is 0 Å². The smallest absolute Gasteiger partial charge is 0.331 e. The van der Waals surface area contributed by atoms with E-state index in [0.717, 1.165) is 24.8 Å². The van der Waals surface area contributed by atoms with Crippen LogP contribution < -0.4 is 0 Å². The van der Waals surface area contributed by atoms with Crippen LogP contribution in [0.25, 0.3) is 0 Å². The van der Waals surface area contributed by atoms with Crippen LogP contribution in [0.3, 0.4) is 0 Å². The van der Waals surface area contributed by atoms with Gasteiger partial charge in [0, 0.05) is 36.9 Å². The summed E-state index contributed by atoms with van der Waals surface area (Å²) in [6.45, 7) is 4.19. The molecular weight excluding hydrogens is 504 g/mol. The van der Waals surface area contributed by atoms with E-state index in [1.165, 1.54) is 0 Å². The molecule has 9 heteroatoms. The molecular formula is C30H46O9. The Bertz CT molecular complexity index is 1000. The van der Waals surface area contributed by atoms with E-state index in [1.807, 2.05) is 6.92 Å². The van der Waals surface area contributed by atoms with Gasteiger partial charge in [-0.3, -0.25) is 0 Å². The van der Waals surface area contributed by atoms with Gasteiger partial charge >= 0.3 is 5.97 Å². The van der Waals surface area contributed by atoms with Crippen molar-refractivity contribution >= 4 is 5.97 Å². The number of carbonyl (C=O) groups is 1. The summed E-state index contributed by atoms with van der Waals surface area (Å²) in [5, 5.41) is 45.9. The molecule has 1 saturated heterocycles. The Labute approximate surface area is 230 Å². The van der Waals surface area contributed by atoms with E-state index in [-0.39, 0.29) is 48.0 Å². The fourth-order valence-electron chi connectivity index (χ4n) is 10.2. The average molecular weight is 551 g/mol. The first-order chi connectivity index (χ1) is 18.5. The molecule has 0 aromatic rings. The Morgan fingerprint density at radius 3 is 2.54 bits per heavy atom. The molecule has 0 unspecified atom stereocenters. The maximum Gasteiger partial charge on any atom is 0.331 e. The molecule has 9 nitrogen and oxygen atoms in total. The summed E-state index contributed by atoms with van der Waals surface area (Å²) in [5.41, 5.74) is -2.06. The van der Waals surface area contributed by atoms with Gasteiger partial charge in [-0.2, -0.15) is 0 Å². The molecule has 220 valence electrons. The first kappa shape index (κ1) is 28.1. The molecule has 6 aliphatic rings. The van der Waals surface area contributed by atoms with Crippen LogP contribution in [0.2, 0.25) is 0 Å². The number of aliphatic hydroxyl groups excluding tert-OH is 2. The van der Waals surface area contributed by atoms with Crippen molar-refractivity contribution in [2.75, 3.05) is 20.3 Å². The zero-order valence-corrected chi connectivity index (χ0v) is 23.5.